The molecule has 4 heteroatoms. The van der Waals surface area contributed by atoms with Crippen molar-refractivity contribution in [3.63, 3.8) is 0 Å². The van der Waals surface area contributed by atoms with Crippen LogP contribution in [0.3, 0.4) is 0 Å². The summed E-state index contributed by atoms with van der Waals surface area (Å²) in [6.07, 6.45) is 1.84. The summed E-state index contributed by atoms with van der Waals surface area (Å²) in [6.45, 7) is 7.29. The largest absolute Gasteiger partial charge is 0.496 e. The Bertz CT molecular complexity index is 612. The van der Waals surface area contributed by atoms with E-state index in [-0.39, 0.29) is 0 Å². The minimum absolute atomic E-state index is 0.632. The summed E-state index contributed by atoms with van der Waals surface area (Å²) in [5.74, 6) is 1.76. The van der Waals surface area contributed by atoms with Crippen LogP contribution >= 0.6 is 0 Å². The maximum atomic E-state index is 5.61. The maximum Gasteiger partial charge on any atom is 0.142 e. The first-order valence-corrected chi connectivity index (χ1v) is 7.12. The van der Waals surface area contributed by atoms with Crippen LogP contribution in [0.4, 0.5) is 5.69 Å². The van der Waals surface area contributed by atoms with E-state index in [2.05, 4.69) is 10.3 Å². The topological polar surface area (TPSA) is 43.4 Å². The predicted molar refractivity (Wildman–Crippen MR) is 85.2 cm³/mol. The summed E-state index contributed by atoms with van der Waals surface area (Å²) < 4.78 is 11.1. The van der Waals surface area contributed by atoms with Gasteiger partial charge in [-0.2, -0.15) is 0 Å². The quantitative estimate of drug-likeness (QED) is 0.879. The lowest BCUT2D eigenvalue weighted by atomic mass is 10.1. The first kappa shape index (κ1) is 15.2. The molecule has 1 aromatic heterocycles. The lowest BCUT2D eigenvalue weighted by Crippen LogP contribution is -2.07. The standard InChI is InChI=1S/C17H22N2O2/c1-5-21-16-9-7-6-8-14(16)19-11-15-13(3)17(20-4)12(2)10-18-15/h6-10,19H,5,11H2,1-4H3. The SMILES string of the molecule is CCOc1ccccc1NCc1ncc(C)c(OC)c1C. The number of ether oxygens (including phenoxy) is 2. The van der Waals surface area contributed by atoms with Crippen molar-refractivity contribution in [1.82, 2.24) is 4.98 Å². The summed E-state index contributed by atoms with van der Waals surface area (Å²) in [6, 6.07) is 7.92. The monoisotopic (exact) mass is 286 g/mol. The molecule has 0 atom stereocenters. The summed E-state index contributed by atoms with van der Waals surface area (Å²) in [5, 5.41) is 3.38. The van der Waals surface area contributed by atoms with Crippen molar-refractivity contribution in [3.05, 3.63) is 47.3 Å². The number of pyridine rings is 1. The van der Waals surface area contributed by atoms with E-state index in [0.717, 1.165) is 34.0 Å². The molecule has 0 radical (unpaired) electrons. The number of rotatable bonds is 6. The molecule has 0 saturated carbocycles. The van der Waals surface area contributed by atoms with E-state index in [1.165, 1.54) is 0 Å². The molecule has 0 fully saturated rings. The number of hydrogen-bond acceptors (Lipinski definition) is 4. The fraction of sp³-hybridized carbons (Fsp3) is 0.353. The Morgan fingerprint density at radius 3 is 2.67 bits per heavy atom. The number of aryl methyl sites for hydroxylation is 1. The number of para-hydroxylation sites is 2. The highest BCUT2D eigenvalue weighted by atomic mass is 16.5. The third-order valence-electron chi connectivity index (χ3n) is 3.38. The van der Waals surface area contributed by atoms with E-state index in [9.17, 15) is 0 Å². The minimum atomic E-state index is 0.632. The normalized spacial score (nSPS) is 10.3. The van der Waals surface area contributed by atoms with Gasteiger partial charge in [0.05, 0.1) is 31.6 Å². The highest BCUT2D eigenvalue weighted by Crippen LogP contribution is 2.27. The number of aromatic nitrogens is 1. The molecule has 0 aliphatic carbocycles. The van der Waals surface area contributed by atoms with Crippen LogP contribution in [0.1, 0.15) is 23.7 Å². The van der Waals surface area contributed by atoms with Gasteiger partial charge in [-0.3, -0.25) is 4.98 Å². The van der Waals surface area contributed by atoms with Crippen LogP contribution in [0.25, 0.3) is 0 Å². The number of nitrogens with zero attached hydrogens (tertiary/aromatic N) is 1. The molecule has 1 aromatic carbocycles. The van der Waals surface area contributed by atoms with Crippen LogP contribution in [0.2, 0.25) is 0 Å². The van der Waals surface area contributed by atoms with E-state index in [1.54, 1.807) is 7.11 Å². The molecule has 2 rings (SSSR count). The van der Waals surface area contributed by atoms with Gasteiger partial charge in [-0.05, 0) is 32.9 Å². The summed E-state index contributed by atoms with van der Waals surface area (Å²) in [7, 11) is 1.69. The van der Waals surface area contributed by atoms with Crippen LogP contribution in [0.15, 0.2) is 30.5 Å². The van der Waals surface area contributed by atoms with Crippen LogP contribution in [-0.4, -0.2) is 18.7 Å². The molecule has 0 aliphatic heterocycles. The molecule has 112 valence electrons. The second kappa shape index (κ2) is 6.97. The van der Waals surface area contributed by atoms with Crippen LogP contribution in [-0.2, 0) is 6.54 Å². The Kier molecular flexibility index (Phi) is 5.04. The van der Waals surface area contributed by atoms with Crippen molar-refractivity contribution < 1.29 is 9.47 Å². The van der Waals surface area contributed by atoms with Crippen molar-refractivity contribution in [2.75, 3.05) is 19.0 Å². The number of methoxy groups -OCH3 is 1. The molecule has 4 nitrogen and oxygen atoms in total. The Balaban J connectivity index is 2.17. The van der Waals surface area contributed by atoms with Gasteiger partial charge < -0.3 is 14.8 Å². The number of nitrogens with one attached hydrogen (secondary N) is 1. The third kappa shape index (κ3) is 3.45. The molecule has 0 amide bonds. The second-order valence-corrected chi connectivity index (χ2v) is 4.83. The second-order valence-electron chi connectivity index (χ2n) is 4.83. The van der Waals surface area contributed by atoms with Crippen LogP contribution in [0, 0.1) is 13.8 Å². The fourth-order valence-corrected chi connectivity index (χ4v) is 2.32. The zero-order valence-electron chi connectivity index (χ0n) is 13.1. The van der Waals surface area contributed by atoms with Gasteiger partial charge in [-0.1, -0.05) is 12.1 Å². The Labute approximate surface area is 126 Å². The van der Waals surface area contributed by atoms with E-state index in [0.29, 0.717) is 13.2 Å². The van der Waals surface area contributed by atoms with E-state index >= 15 is 0 Å². The number of hydrogen-bond donors (Lipinski definition) is 1. The smallest absolute Gasteiger partial charge is 0.142 e. The van der Waals surface area contributed by atoms with Gasteiger partial charge in [0, 0.05) is 17.3 Å². The molecule has 0 aliphatic rings. The molecule has 21 heavy (non-hydrogen) atoms. The van der Waals surface area contributed by atoms with Crippen LogP contribution < -0.4 is 14.8 Å². The van der Waals surface area contributed by atoms with Gasteiger partial charge >= 0.3 is 0 Å². The highest BCUT2D eigenvalue weighted by molar-refractivity contribution is 5.56. The molecular weight excluding hydrogens is 264 g/mol. The van der Waals surface area contributed by atoms with Crippen molar-refractivity contribution in [2.24, 2.45) is 0 Å². The lowest BCUT2D eigenvalue weighted by molar-refractivity contribution is 0.341. The molecule has 1 heterocycles. The van der Waals surface area contributed by atoms with Crippen molar-refractivity contribution in [3.8, 4) is 11.5 Å². The van der Waals surface area contributed by atoms with Gasteiger partial charge in [0.15, 0.2) is 0 Å². The molecule has 0 unspecified atom stereocenters. The number of benzene rings is 1. The molecule has 0 spiro atoms. The molecule has 1 N–H and O–H groups in total. The van der Waals surface area contributed by atoms with Gasteiger partial charge in [0.1, 0.15) is 11.5 Å². The van der Waals surface area contributed by atoms with Crippen molar-refractivity contribution >= 4 is 5.69 Å². The van der Waals surface area contributed by atoms with Gasteiger partial charge in [0.2, 0.25) is 0 Å². The Hall–Kier alpha value is -2.23. The highest BCUT2D eigenvalue weighted by Gasteiger charge is 2.10. The first-order valence-electron chi connectivity index (χ1n) is 7.12. The van der Waals surface area contributed by atoms with Crippen molar-refractivity contribution in [2.45, 2.75) is 27.3 Å². The molecule has 0 bridgehead atoms. The first-order chi connectivity index (χ1) is 10.2. The van der Waals surface area contributed by atoms with Crippen molar-refractivity contribution in [1.29, 1.82) is 0 Å². The average Bonchev–Trinajstić information content (AvgIpc) is 2.49. The zero-order chi connectivity index (χ0) is 15.2. The zero-order valence-corrected chi connectivity index (χ0v) is 13.1. The summed E-state index contributed by atoms with van der Waals surface area (Å²) >= 11 is 0. The maximum absolute atomic E-state index is 5.61. The van der Waals surface area contributed by atoms with Gasteiger partial charge in [-0.25, -0.2) is 0 Å². The summed E-state index contributed by atoms with van der Waals surface area (Å²) in [4.78, 5) is 4.49. The minimum Gasteiger partial charge on any atom is -0.496 e. The predicted octanol–water partition coefficient (Wildman–Crippen LogP) is 3.72. The fourth-order valence-electron chi connectivity index (χ4n) is 2.32. The lowest BCUT2D eigenvalue weighted by Gasteiger charge is -2.15. The Morgan fingerprint density at radius 2 is 1.95 bits per heavy atom. The van der Waals surface area contributed by atoms with Gasteiger partial charge in [0.25, 0.3) is 0 Å². The summed E-state index contributed by atoms with van der Waals surface area (Å²) in [5.41, 5.74) is 4.07. The average molecular weight is 286 g/mol. The Morgan fingerprint density at radius 1 is 1.19 bits per heavy atom. The number of anilines is 1. The van der Waals surface area contributed by atoms with E-state index in [1.807, 2.05) is 51.2 Å². The van der Waals surface area contributed by atoms with Gasteiger partial charge in [-0.15, -0.1) is 0 Å². The molecule has 0 saturated heterocycles. The van der Waals surface area contributed by atoms with Crippen LogP contribution in [0.5, 0.6) is 11.5 Å². The van der Waals surface area contributed by atoms with E-state index < -0.39 is 0 Å². The molecule has 2 aromatic rings. The molecular formula is C17H22N2O2. The third-order valence-corrected chi connectivity index (χ3v) is 3.38. The van der Waals surface area contributed by atoms with E-state index in [4.69, 9.17) is 9.47 Å².